The Hall–Kier alpha value is -1.79. The SMILES string of the molecule is CC(Cc1ccc(O)c(O)c1)C(=O)NCCN1CCNCC1. The summed E-state index contributed by atoms with van der Waals surface area (Å²) in [5, 5.41) is 25.0. The zero-order valence-corrected chi connectivity index (χ0v) is 13.0. The number of amides is 1. The summed E-state index contributed by atoms with van der Waals surface area (Å²) in [5.74, 6) is -0.449. The third kappa shape index (κ3) is 4.89. The maximum Gasteiger partial charge on any atom is 0.223 e. The van der Waals surface area contributed by atoms with Crippen molar-refractivity contribution in [2.24, 2.45) is 5.92 Å². The molecule has 0 spiro atoms. The van der Waals surface area contributed by atoms with Crippen molar-refractivity contribution in [2.75, 3.05) is 39.3 Å². The number of hydrogen-bond acceptors (Lipinski definition) is 5. The number of hydrogen-bond donors (Lipinski definition) is 4. The Labute approximate surface area is 131 Å². The molecule has 0 saturated carbocycles. The highest BCUT2D eigenvalue weighted by molar-refractivity contribution is 5.78. The number of piperazine rings is 1. The van der Waals surface area contributed by atoms with Gasteiger partial charge < -0.3 is 20.8 Å². The summed E-state index contributed by atoms with van der Waals surface area (Å²) in [6.45, 7) is 7.47. The third-order valence-corrected chi connectivity index (χ3v) is 3.97. The summed E-state index contributed by atoms with van der Waals surface area (Å²) in [6.07, 6.45) is 0.535. The zero-order valence-electron chi connectivity index (χ0n) is 13.0. The Kier molecular flexibility index (Phi) is 6.03. The van der Waals surface area contributed by atoms with E-state index in [0.29, 0.717) is 13.0 Å². The Morgan fingerprint density at radius 3 is 2.73 bits per heavy atom. The number of phenolic OH excluding ortho intramolecular Hbond substituents is 2. The van der Waals surface area contributed by atoms with Crippen molar-refractivity contribution in [3.63, 3.8) is 0 Å². The van der Waals surface area contributed by atoms with E-state index in [1.807, 2.05) is 6.92 Å². The van der Waals surface area contributed by atoms with E-state index in [9.17, 15) is 15.0 Å². The lowest BCUT2D eigenvalue weighted by atomic mass is 10.00. The van der Waals surface area contributed by atoms with Crippen LogP contribution in [-0.2, 0) is 11.2 Å². The average Bonchev–Trinajstić information content (AvgIpc) is 2.52. The maximum absolute atomic E-state index is 12.1. The van der Waals surface area contributed by atoms with Crippen LogP contribution in [0, 0.1) is 5.92 Å². The summed E-state index contributed by atoms with van der Waals surface area (Å²) in [4.78, 5) is 14.4. The molecule has 6 heteroatoms. The van der Waals surface area contributed by atoms with Crippen molar-refractivity contribution in [1.82, 2.24) is 15.5 Å². The van der Waals surface area contributed by atoms with Gasteiger partial charge in [0.05, 0.1) is 0 Å². The summed E-state index contributed by atoms with van der Waals surface area (Å²) >= 11 is 0. The molecule has 1 heterocycles. The third-order valence-electron chi connectivity index (χ3n) is 3.97. The van der Waals surface area contributed by atoms with Gasteiger partial charge in [0.25, 0.3) is 0 Å². The molecule has 0 radical (unpaired) electrons. The second kappa shape index (κ2) is 8.00. The molecule has 122 valence electrons. The minimum Gasteiger partial charge on any atom is -0.504 e. The van der Waals surface area contributed by atoms with Crippen molar-refractivity contribution in [3.8, 4) is 11.5 Å². The van der Waals surface area contributed by atoms with Gasteiger partial charge >= 0.3 is 0 Å². The molecule has 1 unspecified atom stereocenters. The monoisotopic (exact) mass is 307 g/mol. The van der Waals surface area contributed by atoms with E-state index in [-0.39, 0.29) is 23.3 Å². The molecular weight excluding hydrogens is 282 g/mol. The average molecular weight is 307 g/mol. The summed E-state index contributed by atoms with van der Waals surface area (Å²) in [6, 6.07) is 4.67. The van der Waals surface area contributed by atoms with Crippen LogP contribution in [0.1, 0.15) is 12.5 Å². The highest BCUT2D eigenvalue weighted by atomic mass is 16.3. The molecule has 1 aromatic carbocycles. The van der Waals surface area contributed by atoms with E-state index < -0.39 is 0 Å². The van der Waals surface area contributed by atoms with E-state index in [1.165, 1.54) is 12.1 Å². The highest BCUT2D eigenvalue weighted by Crippen LogP contribution is 2.25. The largest absolute Gasteiger partial charge is 0.504 e. The first-order chi connectivity index (χ1) is 10.6. The van der Waals surface area contributed by atoms with Crippen molar-refractivity contribution < 1.29 is 15.0 Å². The van der Waals surface area contributed by atoms with E-state index in [1.54, 1.807) is 6.07 Å². The van der Waals surface area contributed by atoms with Gasteiger partial charge in [-0.3, -0.25) is 9.69 Å². The van der Waals surface area contributed by atoms with E-state index in [2.05, 4.69) is 15.5 Å². The number of carbonyl (C=O) groups is 1. The number of benzene rings is 1. The molecule has 1 saturated heterocycles. The number of nitrogens with zero attached hydrogens (tertiary/aromatic N) is 1. The lowest BCUT2D eigenvalue weighted by Crippen LogP contribution is -2.46. The summed E-state index contributed by atoms with van der Waals surface area (Å²) in [5.41, 5.74) is 0.833. The van der Waals surface area contributed by atoms with E-state index in [0.717, 1.165) is 38.3 Å². The number of aromatic hydroxyl groups is 2. The van der Waals surface area contributed by atoms with Crippen LogP contribution in [0.5, 0.6) is 11.5 Å². The van der Waals surface area contributed by atoms with Gasteiger partial charge in [-0.05, 0) is 24.1 Å². The molecule has 1 atom stereocenters. The Morgan fingerprint density at radius 1 is 1.32 bits per heavy atom. The van der Waals surface area contributed by atoms with Crippen LogP contribution in [0.15, 0.2) is 18.2 Å². The van der Waals surface area contributed by atoms with Gasteiger partial charge in [0.2, 0.25) is 5.91 Å². The fourth-order valence-corrected chi connectivity index (χ4v) is 2.59. The smallest absolute Gasteiger partial charge is 0.223 e. The highest BCUT2D eigenvalue weighted by Gasteiger charge is 2.15. The van der Waals surface area contributed by atoms with Crippen LogP contribution in [0.4, 0.5) is 0 Å². The number of nitrogens with one attached hydrogen (secondary N) is 2. The van der Waals surface area contributed by atoms with Gasteiger partial charge in [-0.25, -0.2) is 0 Å². The molecule has 1 aromatic rings. The number of carbonyl (C=O) groups excluding carboxylic acids is 1. The standard InChI is InChI=1S/C16H25N3O3/c1-12(10-13-2-3-14(20)15(21)11-13)16(22)18-6-9-19-7-4-17-5-8-19/h2-3,11-12,17,20-21H,4-10H2,1H3,(H,18,22). The number of rotatable bonds is 6. The minimum atomic E-state index is -0.174. The van der Waals surface area contributed by atoms with E-state index >= 15 is 0 Å². The fourth-order valence-electron chi connectivity index (χ4n) is 2.59. The predicted molar refractivity (Wildman–Crippen MR) is 85.0 cm³/mol. The second-order valence-corrected chi connectivity index (χ2v) is 5.81. The van der Waals surface area contributed by atoms with Crippen molar-refractivity contribution in [1.29, 1.82) is 0 Å². The lowest BCUT2D eigenvalue weighted by Gasteiger charge is -2.27. The van der Waals surface area contributed by atoms with Crippen LogP contribution >= 0.6 is 0 Å². The van der Waals surface area contributed by atoms with Gasteiger partial charge in [0, 0.05) is 45.2 Å². The molecule has 0 aliphatic carbocycles. The number of phenols is 2. The van der Waals surface area contributed by atoms with Gasteiger partial charge in [0.1, 0.15) is 0 Å². The lowest BCUT2D eigenvalue weighted by molar-refractivity contribution is -0.124. The van der Waals surface area contributed by atoms with Gasteiger partial charge in [-0.1, -0.05) is 13.0 Å². The van der Waals surface area contributed by atoms with Crippen LogP contribution < -0.4 is 10.6 Å². The topological polar surface area (TPSA) is 84.8 Å². The van der Waals surface area contributed by atoms with E-state index in [4.69, 9.17) is 0 Å². The summed E-state index contributed by atoms with van der Waals surface area (Å²) in [7, 11) is 0. The van der Waals surface area contributed by atoms with Gasteiger partial charge in [-0.15, -0.1) is 0 Å². The molecule has 1 aliphatic heterocycles. The van der Waals surface area contributed by atoms with Crippen LogP contribution in [0.25, 0.3) is 0 Å². The molecule has 2 rings (SSSR count). The first-order valence-electron chi connectivity index (χ1n) is 7.78. The van der Waals surface area contributed by atoms with Gasteiger partial charge in [-0.2, -0.15) is 0 Å². The molecule has 1 fully saturated rings. The molecule has 0 aromatic heterocycles. The normalized spacial score (nSPS) is 17.1. The molecule has 0 bridgehead atoms. The molecule has 6 nitrogen and oxygen atoms in total. The van der Waals surface area contributed by atoms with Crippen LogP contribution in [0.3, 0.4) is 0 Å². The quantitative estimate of drug-likeness (QED) is 0.568. The first kappa shape index (κ1) is 16.6. The predicted octanol–water partition coefficient (Wildman–Crippen LogP) is 0.298. The minimum absolute atomic E-state index is 0.0164. The van der Waals surface area contributed by atoms with Crippen molar-refractivity contribution >= 4 is 5.91 Å². The van der Waals surface area contributed by atoms with Crippen LogP contribution in [-0.4, -0.2) is 60.3 Å². The zero-order chi connectivity index (χ0) is 15.9. The maximum atomic E-state index is 12.1. The van der Waals surface area contributed by atoms with Crippen molar-refractivity contribution in [2.45, 2.75) is 13.3 Å². The second-order valence-electron chi connectivity index (χ2n) is 5.81. The molecule has 22 heavy (non-hydrogen) atoms. The Morgan fingerprint density at radius 2 is 2.05 bits per heavy atom. The molecule has 1 amide bonds. The fraction of sp³-hybridized carbons (Fsp3) is 0.562. The first-order valence-corrected chi connectivity index (χ1v) is 7.78. The Balaban J connectivity index is 1.73. The summed E-state index contributed by atoms with van der Waals surface area (Å²) < 4.78 is 0. The molecular formula is C16H25N3O3. The molecule has 4 N–H and O–H groups in total. The molecule has 1 aliphatic rings. The van der Waals surface area contributed by atoms with Gasteiger partial charge in [0.15, 0.2) is 11.5 Å². The Bertz CT molecular complexity index is 501. The van der Waals surface area contributed by atoms with Crippen molar-refractivity contribution in [3.05, 3.63) is 23.8 Å². The van der Waals surface area contributed by atoms with Crippen LogP contribution in [0.2, 0.25) is 0 Å².